The Morgan fingerprint density at radius 1 is 0.875 bits per heavy atom. The van der Waals surface area contributed by atoms with Crippen LogP contribution in [0.5, 0.6) is 0 Å². The van der Waals surface area contributed by atoms with Crippen LogP contribution in [0.4, 0.5) is 0 Å². The number of carbonyl (C=O) groups is 6. The zero-order valence-electron chi connectivity index (χ0n) is 28.8. The van der Waals surface area contributed by atoms with Gasteiger partial charge in [0.1, 0.15) is 24.2 Å². The lowest BCUT2D eigenvalue weighted by atomic mass is 9.97. The smallest absolute Gasteiger partial charge is 0.331 e. The molecule has 0 aromatic heterocycles. The minimum atomic E-state index is -1.55. The summed E-state index contributed by atoms with van der Waals surface area (Å²) in [5.74, 6) is -5.22. The van der Waals surface area contributed by atoms with Gasteiger partial charge in [0, 0.05) is 20.1 Å². The molecule has 274 valence electrons. The molecule has 5 amide bonds. The first-order valence-electron chi connectivity index (χ1n) is 16.4. The van der Waals surface area contributed by atoms with Crippen molar-refractivity contribution in [2.45, 2.75) is 122 Å². The molecule has 0 spiro atoms. The quantitative estimate of drug-likeness (QED) is 0.119. The van der Waals surface area contributed by atoms with Crippen molar-refractivity contribution in [3.8, 4) is 0 Å². The summed E-state index contributed by atoms with van der Waals surface area (Å²) in [5, 5.41) is 26.6. The molecule has 18 heteroatoms. The number of rotatable bonds is 4. The number of hydrazine groups is 2. The molecule has 8 atom stereocenters. The molecule has 3 fully saturated rings. The van der Waals surface area contributed by atoms with Gasteiger partial charge in [-0.15, -0.1) is 0 Å². The number of esters is 1. The highest BCUT2D eigenvalue weighted by Crippen LogP contribution is 2.22. The minimum absolute atomic E-state index is 0. The molecule has 3 saturated heterocycles. The van der Waals surface area contributed by atoms with Crippen molar-refractivity contribution in [1.29, 1.82) is 0 Å². The fraction of sp³-hybridized carbons (Fsp3) is 0.800. The van der Waals surface area contributed by atoms with Gasteiger partial charge in [0.2, 0.25) is 17.9 Å². The molecule has 0 aliphatic carbocycles. The molecule has 0 saturated carbocycles. The van der Waals surface area contributed by atoms with Crippen LogP contribution in [0.25, 0.3) is 0 Å². The monoisotopic (exact) mass is 704 g/mol. The second-order valence-corrected chi connectivity index (χ2v) is 13.5. The Balaban J connectivity index is 0.00000800. The third-order valence-electron chi connectivity index (χ3n) is 8.96. The Bertz CT molecular complexity index is 1190. The molecule has 0 aromatic rings. The largest absolute Gasteiger partial charge is 1.00 e. The van der Waals surface area contributed by atoms with Crippen molar-refractivity contribution in [2.75, 3.05) is 20.1 Å². The summed E-state index contributed by atoms with van der Waals surface area (Å²) in [6, 6.07) is -7.64. The highest BCUT2D eigenvalue weighted by Gasteiger charge is 2.47. The summed E-state index contributed by atoms with van der Waals surface area (Å²) in [5.41, 5.74) is 9.78. The van der Waals surface area contributed by atoms with Gasteiger partial charge in [-0.3, -0.25) is 39.2 Å². The number of likely N-dealkylation sites (N-methyl/N-ethyl adjacent to an activating group) is 1. The van der Waals surface area contributed by atoms with Gasteiger partial charge in [0.15, 0.2) is 12.1 Å². The third-order valence-corrected chi connectivity index (χ3v) is 8.96. The van der Waals surface area contributed by atoms with Crippen LogP contribution in [0.3, 0.4) is 0 Å². The lowest BCUT2D eigenvalue weighted by Crippen LogP contribution is -3.00. The lowest BCUT2D eigenvalue weighted by molar-refractivity contribution is -0.426. The molecule has 0 unspecified atom stereocenters. The molecule has 3 rings (SSSR count). The zero-order chi connectivity index (χ0) is 35.3. The van der Waals surface area contributed by atoms with Gasteiger partial charge in [-0.25, -0.2) is 20.7 Å². The van der Waals surface area contributed by atoms with Gasteiger partial charge < -0.3 is 38.2 Å². The summed E-state index contributed by atoms with van der Waals surface area (Å²) in [6.07, 6.45) is -0.975. The van der Waals surface area contributed by atoms with E-state index in [1.54, 1.807) is 13.8 Å². The summed E-state index contributed by atoms with van der Waals surface area (Å²) in [4.78, 5) is 83.7. The average molecular weight is 705 g/mol. The number of hydrogen-bond acceptors (Lipinski definition) is 11. The van der Waals surface area contributed by atoms with E-state index >= 15 is 0 Å². The lowest BCUT2D eigenvalue weighted by Gasteiger charge is -2.41. The summed E-state index contributed by atoms with van der Waals surface area (Å²) in [7, 11) is 1.39. The van der Waals surface area contributed by atoms with E-state index in [1.165, 1.54) is 20.9 Å². The summed E-state index contributed by atoms with van der Waals surface area (Å²) >= 11 is 0. The van der Waals surface area contributed by atoms with E-state index in [0.29, 0.717) is 25.9 Å². The van der Waals surface area contributed by atoms with Crippen LogP contribution in [0, 0.1) is 11.8 Å². The molecular formula is C30H53ClN8O9. The van der Waals surface area contributed by atoms with Crippen molar-refractivity contribution in [3.63, 3.8) is 0 Å². The van der Waals surface area contributed by atoms with Crippen LogP contribution < -0.4 is 34.3 Å². The Kier molecular flexibility index (Phi) is 15.0. The fourth-order valence-corrected chi connectivity index (χ4v) is 6.18. The minimum Gasteiger partial charge on any atom is -1.00 e. The van der Waals surface area contributed by atoms with Gasteiger partial charge in [-0.05, 0) is 57.8 Å². The van der Waals surface area contributed by atoms with Crippen molar-refractivity contribution >= 4 is 35.5 Å². The Morgan fingerprint density at radius 2 is 1.42 bits per heavy atom. The molecule has 0 bridgehead atoms. The standard InChI is InChI=1S/C30H52N8O9.ClH/c1-15(2)14-21-27(42)36-19(10-8-12-32-36)25(40)34-23(18(6)39)30(45)47-24(16(3)4)22(31)29(44)37-20(11-9-13-33-37)28(43)38(46)17(5)26(41)35(21)7;/h15-24,32-33,39,46H,8-14,31H2,1-7H3,(H,34,40);1H/t17-,18-,19-,20+,21+,22-,23+,24-;/m0./s1. The molecule has 48 heavy (non-hydrogen) atoms. The third kappa shape index (κ3) is 9.12. The highest BCUT2D eigenvalue weighted by molar-refractivity contribution is 5.96. The fourth-order valence-electron chi connectivity index (χ4n) is 6.18. The molecule has 8 N–H and O–H groups in total. The van der Waals surface area contributed by atoms with Gasteiger partial charge in [-0.1, -0.05) is 27.7 Å². The molecule has 17 nitrogen and oxygen atoms in total. The van der Waals surface area contributed by atoms with E-state index in [0.717, 1.165) is 14.9 Å². The van der Waals surface area contributed by atoms with Crippen molar-refractivity contribution in [1.82, 2.24) is 36.1 Å². The van der Waals surface area contributed by atoms with Crippen molar-refractivity contribution < 1.29 is 62.0 Å². The van der Waals surface area contributed by atoms with Gasteiger partial charge >= 0.3 is 5.97 Å². The van der Waals surface area contributed by atoms with Crippen LogP contribution >= 0.6 is 0 Å². The number of nitrogens with one attached hydrogen (secondary N) is 3. The first kappa shape index (κ1) is 41.1. The van der Waals surface area contributed by atoms with E-state index in [-0.39, 0.29) is 42.7 Å². The van der Waals surface area contributed by atoms with Gasteiger partial charge in [0.05, 0.1) is 6.10 Å². The normalized spacial score (nSPS) is 31.3. The maximum atomic E-state index is 14.1. The van der Waals surface area contributed by atoms with Gasteiger partial charge in [0.25, 0.3) is 17.7 Å². The van der Waals surface area contributed by atoms with E-state index < -0.39 is 89.9 Å². The molecule has 3 heterocycles. The van der Waals surface area contributed by atoms with Crippen LogP contribution in [-0.2, 0) is 33.5 Å². The summed E-state index contributed by atoms with van der Waals surface area (Å²) < 4.78 is 5.73. The van der Waals surface area contributed by atoms with Crippen molar-refractivity contribution in [2.24, 2.45) is 11.8 Å². The number of amides is 5. The number of quaternary nitrogens is 1. The first-order valence-corrected chi connectivity index (χ1v) is 16.4. The van der Waals surface area contributed by atoms with E-state index in [2.05, 4.69) is 21.9 Å². The van der Waals surface area contributed by atoms with E-state index in [4.69, 9.17) is 4.74 Å². The highest BCUT2D eigenvalue weighted by atomic mass is 35.5. The summed E-state index contributed by atoms with van der Waals surface area (Å²) in [6.45, 7) is 10.4. The first-order chi connectivity index (χ1) is 22.0. The second kappa shape index (κ2) is 17.5. The van der Waals surface area contributed by atoms with Crippen molar-refractivity contribution in [3.05, 3.63) is 0 Å². The predicted molar refractivity (Wildman–Crippen MR) is 165 cm³/mol. The Labute approximate surface area is 287 Å². The maximum absolute atomic E-state index is 14.1. The second-order valence-electron chi connectivity index (χ2n) is 13.5. The number of hydrogen-bond donors (Lipinski definition) is 6. The molecular weight excluding hydrogens is 652 g/mol. The SMILES string of the molecule is CC(C)C[C@@H]1C(=O)N2NCCC[C@H]2C(=O)N[C@H]([C@H](C)O)C(=O)O[C@@H](C(C)C)[C@H]([NH3+])C(=O)N2NCCC[C@@H]2C(=O)N(O)[C@@H](C)C(=O)N1C.[Cl-]. The number of carbonyl (C=O) groups excluding carboxylic acids is 6. The number of fused-ring (bicyclic) bond motifs is 2. The van der Waals surface area contributed by atoms with Crippen LogP contribution in [0.2, 0.25) is 0 Å². The number of aliphatic hydroxyl groups is 1. The number of nitrogens with zero attached hydrogens (tertiary/aromatic N) is 4. The predicted octanol–water partition coefficient (Wildman–Crippen LogP) is -5.48. The average Bonchev–Trinajstić information content (AvgIpc) is 3.04. The topological polar surface area (TPSA) is 229 Å². The number of aliphatic hydroxyl groups excluding tert-OH is 1. The van der Waals surface area contributed by atoms with E-state index in [1.807, 2.05) is 13.8 Å². The number of hydroxylamine groups is 2. The zero-order valence-corrected chi connectivity index (χ0v) is 29.6. The molecule has 3 aliphatic heterocycles. The number of cyclic esters (lactones) is 1. The maximum Gasteiger partial charge on any atom is 0.331 e. The Morgan fingerprint density at radius 3 is 1.94 bits per heavy atom. The van der Waals surface area contributed by atoms with Crippen LogP contribution in [0.15, 0.2) is 0 Å². The molecule has 0 radical (unpaired) electrons. The number of ether oxygens (including phenoxy) is 1. The van der Waals surface area contributed by atoms with E-state index in [9.17, 15) is 39.1 Å². The van der Waals surface area contributed by atoms with Crippen LogP contribution in [0.1, 0.15) is 73.6 Å². The Hall–Kier alpha value is -3.09. The van der Waals surface area contributed by atoms with Crippen LogP contribution in [-0.4, -0.2) is 134 Å². The van der Waals surface area contributed by atoms with Gasteiger partial charge in [-0.2, -0.15) is 0 Å². The molecule has 3 aliphatic rings. The number of halogens is 1. The molecule has 0 aromatic carbocycles.